The van der Waals surface area contributed by atoms with Crippen LogP contribution >= 0.6 is 0 Å². The number of hydrogen-bond donors (Lipinski definition) is 1. The standard InChI is InChI=1S/C21H22N4O2/c1-15-18(17-4-2-3-5-19(17)23-15)14-20(26)24-10-12-25(13-11-24)21(27)16-6-8-22-9-7-16/h2-9,23H,10-14H2,1H3. The second-order valence-corrected chi connectivity index (χ2v) is 6.86. The van der Waals surface area contributed by atoms with Gasteiger partial charge in [-0.25, -0.2) is 0 Å². The topological polar surface area (TPSA) is 69.3 Å². The Morgan fingerprint density at radius 1 is 1.00 bits per heavy atom. The highest BCUT2D eigenvalue weighted by Gasteiger charge is 2.25. The highest BCUT2D eigenvalue weighted by Crippen LogP contribution is 2.23. The second kappa shape index (κ2) is 7.23. The molecule has 6 nitrogen and oxygen atoms in total. The summed E-state index contributed by atoms with van der Waals surface area (Å²) in [6, 6.07) is 11.5. The number of H-pyrrole nitrogens is 1. The van der Waals surface area contributed by atoms with Gasteiger partial charge >= 0.3 is 0 Å². The lowest BCUT2D eigenvalue weighted by Crippen LogP contribution is -2.51. The van der Waals surface area contributed by atoms with Crippen LogP contribution in [-0.2, 0) is 11.2 Å². The predicted octanol–water partition coefficient (Wildman–Crippen LogP) is 2.40. The van der Waals surface area contributed by atoms with E-state index in [0.717, 1.165) is 22.2 Å². The van der Waals surface area contributed by atoms with Crippen LogP contribution in [0.5, 0.6) is 0 Å². The Kier molecular flexibility index (Phi) is 4.62. The van der Waals surface area contributed by atoms with E-state index in [1.807, 2.05) is 36.1 Å². The summed E-state index contributed by atoms with van der Waals surface area (Å²) >= 11 is 0. The van der Waals surface area contributed by atoms with Crippen molar-refractivity contribution < 1.29 is 9.59 Å². The van der Waals surface area contributed by atoms with Crippen LogP contribution in [0.1, 0.15) is 21.6 Å². The van der Waals surface area contributed by atoms with Gasteiger partial charge in [-0.3, -0.25) is 14.6 Å². The third-order valence-electron chi connectivity index (χ3n) is 5.20. The summed E-state index contributed by atoms with van der Waals surface area (Å²) in [5.74, 6) is 0.107. The molecule has 1 aliphatic rings. The van der Waals surface area contributed by atoms with E-state index in [4.69, 9.17) is 0 Å². The number of fused-ring (bicyclic) bond motifs is 1. The Morgan fingerprint density at radius 3 is 2.41 bits per heavy atom. The first kappa shape index (κ1) is 17.3. The first-order valence-corrected chi connectivity index (χ1v) is 9.17. The number of aromatic amines is 1. The summed E-state index contributed by atoms with van der Waals surface area (Å²) in [5, 5.41) is 1.11. The maximum Gasteiger partial charge on any atom is 0.254 e. The van der Waals surface area contributed by atoms with Crippen molar-refractivity contribution in [2.45, 2.75) is 13.3 Å². The summed E-state index contributed by atoms with van der Waals surface area (Å²) < 4.78 is 0. The molecule has 2 amide bonds. The van der Waals surface area contributed by atoms with E-state index in [2.05, 4.69) is 9.97 Å². The van der Waals surface area contributed by atoms with Crippen LogP contribution in [0.2, 0.25) is 0 Å². The molecular formula is C21H22N4O2. The first-order valence-electron chi connectivity index (χ1n) is 9.17. The Hall–Kier alpha value is -3.15. The number of para-hydroxylation sites is 1. The average Bonchev–Trinajstić information content (AvgIpc) is 3.03. The number of rotatable bonds is 3. The molecule has 1 saturated heterocycles. The molecule has 1 aromatic carbocycles. The lowest BCUT2D eigenvalue weighted by atomic mass is 10.1. The smallest absolute Gasteiger partial charge is 0.254 e. The summed E-state index contributed by atoms with van der Waals surface area (Å²) in [7, 11) is 0. The van der Waals surface area contributed by atoms with E-state index >= 15 is 0 Å². The van der Waals surface area contributed by atoms with Crippen molar-refractivity contribution in [3.63, 3.8) is 0 Å². The highest BCUT2D eigenvalue weighted by atomic mass is 16.2. The van der Waals surface area contributed by atoms with Gasteiger partial charge in [0, 0.05) is 60.7 Å². The lowest BCUT2D eigenvalue weighted by Gasteiger charge is -2.35. The zero-order valence-corrected chi connectivity index (χ0v) is 15.3. The Balaban J connectivity index is 1.40. The van der Waals surface area contributed by atoms with Crippen molar-refractivity contribution in [2.75, 3.05) is 26.2 Å². The van der Waals surface area contributed by atoms with Crippen molar-refractivity contribution in [3.05, 3.63) is 65.6 Å². The monoisotopic (exact) mass is 362 g/mol. The van der Waals surface area contributed by atoms with Crippen LogP contribution in [0.4, 0.5) is 0 Å². The maximum absolute atomic E-state index is 12.8. The number of benzene rings is 1. The minimum atomic E-state index is -0.00280. The van der Waals surface area contributed by atoms with Crippen LogP contribution in [0, 0.1) is 6.92 Å². The van der Waals surface area contributed by atoms with Gasteiger partial charge in [-0.05, 0) is 30.7 Å². The van der Waals surface area contributed by atoms with Gasteiger partial charge in [0.05, 0.1) is 6.42 Å². The Bertz CT molecular complexity index is 972. The molecule has 4 rings (SSSR count). The lowest BCUT2D eigenvalue weighted by molar-refractivity contribution is -0.131. The molecule has 3 heterocycles. The molecule has 0 bridgehead atoms. The fraction of sp³-hybridized carbons (Fsp3) is 0.286. The highest BCUT2D eigenvalue weighted by molar-refractivity contribution is 5.94. The molecule has 3 aromatic rings. The number of aromatic nitrogens is 2. The van der Waals surface area contributed by atoms with Crippen molar-refractivity contribution in [3.8, 4) is 0 Å². The molecule has 1 N–H and O–H groups in total. The van der Waals surface area contributed by atoms with Crippen LogP contribution in [0.25, 0.3) is 10.9 Å². The molecule has 0 saturated carbocycles. The molecular weight excluding hydrogens is 340 g/mol. The van der Waals surface area contributed by atoms with Crippen LogP contribution in [0.15, 0.2) is 48.8 Å². The van der Waals surface area contributed by atoms with Crippen LogP contribution < -0.4 is 0 Å². The van der Waals surface area contributed by atoms with E-state index in [1.54, 1.807) is 29.4 Å². The number of amides is 2. The molecule has 0 spiro atoms. The van der Waals surface area contributed by atoms with Crippen molar-refractivity contribution >= 4 is 22.7 Å². The quantitative estimate of drug-likeness (QED) is 0.778. The normalized spacial score (nSPS) is 14.6. The zero-order valence-electron chi connectivity index (χ0n) is 15.3. The third-order valence-corrected chi connectivity index (χ3v) is 5.20. The van der Waals surface area contributed by atoms with Crippen molar-refractivity contribution in [1.29, 1.82) is 0 Å². The number of carbonyl (C=O) groups excluding carboxylic acids is 2. The minimum Gasteiger partial charge on any atom is -0.358 e. The molecule has 0 unspecified atom stereocenters. The van der Waals surface area contributed by atoms with Gasteiger partial charge in [0.25, 0.3) is 5.91 Å². The molecule has 6 heteroatoms. The zero-order chi connectivity index (χ0) is 18.8. The van der Waals surface area contributed by atoms with Gasteiger partial charge in [-0.1, -0.05) is 18.2 Å². The first-order chi connectivity index (χ1) is 13.1. The van der Waals surface area contributed by atoms with Gasteiger partial charge < -0.3 is 14.8 Å². The number of nitrogens with one attached hydrogen (secondary N) is 1. The van der Waals surface area contributed by atoms with Gasteiger partial charge in [0.15, 0.2) is 0 Å². The van der Waals surface area contributed by atoms with Gasteiger partial charge in [-0.15, -0.1) is 0 Å². The molecule has 0 radical (unpaired) electrons. The summed E-state index contributed by atoms with van der Waals surface area (Å²) in [4.78, 5) is 36.3. The molecule has 0 atom stereocenters. The minimum absolute atomic E-state index is 0.00280. The van der Waals surface area contributed by atoms with E-state index in [0.29, 0.717) is 38.2 Å². The average molecular weight is 362 g/mol. The van der Waals surface area contributed by atoms with Crippen LogP contribution in [0.3, 0.4) is 0 Å². The SMILES string of the molecule is Cc1[nH]c2ccccc2c1CC(=O)N1CCN(C(=O)c2ccncc2)CC1. The molecule has 2 aromatic heterocycles. The predicted molar refractivity (Wildman–Crippen MR) is 103 cm³/mol. The second-order valence-electron chi connectivity index (χ2n) is 6.86. The summed E-state index contributed by atoms with van der Waals surface area (Å²) in [6.45, 7) is 4.25. The Labute approximate surface area is 157 Å². The number of carbonyl (C=O) groups is 2. The molecule has 1 aliphatic heterocycles. The van der Waals surface area contributed by atoms with E-state index in [-0.39, 0.29) is 11.8 Å². The number of hydrogen-bond acceptors (Lipinski definition) is 3. The third kappa shape index (κ3) is 3.43. The Morgan fingerprint density at radius 2 is 1.67 bits per heavy atom. The molecule has 27 heavy (non-hydrogen) atoms. The fourth-order valence-electron chi connectivity index (χ4n) is 3.66. The molecule has 1 fully saturated rings. The van der Waals surface area contributed by atoms with Crippen molar-refractivity contribution in [1.82, 2.24) is 19.8 Å². The van der Waals surface area contributed by atoms with Gasteiger partial charge in [-0.2, -0.15) is 0 Å². The summed E-state index contributed by atoms with van der Waals surface area (Å²) in [6.07, 6.45) is 3.63. The van der Waals surface area contributed by atoms with Gasteiger partial charge in [0.1, 0.15) is 0 Å². The van der Waals surface area contributed by atoms with E-state index in [9.17, 15) is 9.59 Å². The van der Waals surface area contributed by atoms with E-state index < -0.39 is 0 Å². The maximum atomic E-state index is 12.8. The number of pyridine rings is 1. The number of aryl methyl sites for hydroxylation is 1. The number of nitrogens with zero attached hydrogens (tertiary/aromatic N) is 3. The van der Waals surface area contributed by atoms with Crippen molar-refractivity contribution in [2.24, 2.45) is 0 Å². The molecule has 0 aliphatic carbocycles. The van der Waals surface area contributed by atoms with Crippen LogP contribution in [-0.4, -0.2) is 57.8 Å². The largest absolute Gasteiger partial charge is 0.358 e. The summed E-state index contributed by atoms with van der Waals surface area (Å²) in [5.41, 5.74) is 3.80. The fourth-order valence-corrected chi connectivity index (χ4v) is 3.66. The molecule has 138 valence electrons. The van der Waals surface area contributed by atoms with E-state index in [1.165, 1.54) is 0 Å². The van der Waals surface area contributed by atoms with Gasteiger partial charge in [0.2, 0.25) is 5.91 Å². The number of piperazine rings is 1.